The highest BCUT2D eigenvalue weighted by Gasteiger charge is 2.31. The maximum absolute atomic E-state index is 12.4. The lowest BCUT2D eigenvalue weighted by Gasteiger charge is -2.32. The van der Waals surface area contributed by atoms with E-state index in [2.05, 4.69) is 22.6 Å². The van der Waals surface area contributed by atoms with Crippen molar-refractivity contribution in [2.45, 2.75) is 19.4 Å². The first kappa shape index (κ1) is 16.8. The first-order chi connectivity index (χ1) is 11.5. The average Bonchev–Trinajstić information content (AvgIpc) is 2.55. The summed E-state index contributed by atoms with van der Waals surface area (Å²) in [6, 6.07) is 14.6. The van der Waals surface area contributed by atoms with E-state index in [0.717, 1.165) is 3.57 Å². The molecule has 0 aliphatic carbocycles. The second kappa shape index (κ2) is 7.21. The van der Waals surface area contributed by atoms with Crippen LogP contribution in [0.25, 0.3) is 0 Å². The van der Waals surface area contributed by atoms with Gasteiger partial charge in [0, 0.05) is 10.1 Å². The van der Waals surface area contributed by atoms with Gasteiger partial charge in [0.1, 0.15) is 11.5 Å². The predicted molar refractivity (Wildman–Crippen MR) is 98.3 cm³/mol. The predicted octanol–water partition coefficient (Wildman–Crippen LogP) is 3.40. The largest absolute Gasteiger partial charge is 0.479 e. The number of carbonyl (C=O) groups excluding carboxylic acids is 2. The minimum absolute atomic E-state index is 0.109. The molecule has 5 nitrogen and oxygen atoms in total. The van der Waals surface area contributed by atoms with Crippen LogP contribution < -0.4 is 14.4 Å². The molecule has 0 fully saturated rings. The third kappa shape index (κ3) is 3.69. The third-order valence-electron chi connectivity index (χ3n) is 3.64. The topological polar surface area (TPSA) is 55.8 Å². The molecule has 0 bridgehead atoms. The van der Waals surface area contributed by atoms with Crippen molar-refractivity contribution in [3.8, 4) is 11.5 Å². The quantitative estimate of drug-likeness (QED) is 0.418. The Hall–Kier alpha value is -2.09. The Balaban J connectivity index is 1.67. The van der Waals surface area contributed by atoms with E-state index in [4.69, 9.17) is 9.47 Å². The molecule has 24 heavy (non-hydrogen) atoms. The Kier molecular flexibility index (Phi) is 5.03. The molecule has 2 aromatic rings. The smallest absolute Gasteiger partial charge is 0.312 e. The fraction of sp³-hybridized carbons (Fsp3) is 0.222. The van der Waals surface area contributed by atoms with Gasteiger partial charge in [-0.05, 0) is 59.8 Å². The Labute approximate surface area is 153 Å². The molecule has 2 aromatic carbocycles. The molecule has 3 rings (SSSR count). The van der Waals surface area contributed by atoms with Gasteiger partial charge in [-0.15, -0.1) is 0 Å². The highest BCUT2D eigenvalue weighted by atomic mass is 127. The minimum Gasteiger partial charge on any atom is -0.479 e. The Morgan fingerprint density at radius 1 is 1.25 bits per heavy atom. The SMILES string of the molecule is CC1Oc2ccccc2N(CCC(=O)Oc2cccc(I)c2)C1=O. The van der Waals surface area contributed by atoms with Crippen LogP contribution in [0.15, 0.2) is 48.5 Å². The number of benzene rings is 2. The van der Waals surface area contributed by atoms with Crippen molar-refractivity contribution in [2.75, 3.05) is 11.4 Å². The summed E-state index contributed by atoms with van der Waals surface area (Å²) in [6.45, 7) is 1.96. The number of nitrogens with zero attached hydrogens (tertiary/aromatic N) is 1. The standard InChI is InChI=1S/C18H16INO4/c1-12-18(22)20(15-7-2-3-8-16(15)23-12)10-9-17(21)24-14-6-4-5-13(19)11-14/h2-8,11-12H,9-10H2,1H3. The molecule has 1 aliphatic heterocycles. The summed E-state index contributed by atoms with van der Waals surface area (Å²) in [4.78, 5) is 26.0. The number of amides is 1. The summed E-state index contributed by atoms with van der Waals surface area (Å²) in [5, 5.41) is 0. The second-order valence-corrected chi connectivity index (χ2v) is 6.64. The molecule has 0 N–H and O–H groups in total. The summed E-state index contributed by atoms with van der Waals surface area (Å²) in [5.41, 5.74) is 0.683. The lowest BCUT2D eigenvalue weighted by Crippen LogP contribution is -2.45. The maximum atomic E-state index is 12.4. The Morgan fingerprint density at radius 3 is 2.83 bits per heavy atom. The van der Waals surface area contributed by atoms with E-state index in [9.17, 15) is 9.59 Å². The molecule has 1 aliphatic rings. The van der Waals surface area contributed by atoms with Gasteiger partial charge in [0.2, 0.25) is 0 Å². The zero-order valence-electron chi connectivity index (χ0n) is 13.1. The lowest BCUT2D eigenvalue weighted by molar-refractivity contribution is -0.134. The van der Waals surface area contributed by atoms with E-state index < -0.39 is 6.10 Å². The van der Waals surface area contributed by atoms with Gasteiger partial charge in [-0.2, -0.15) is 0 Å². The van der Waals surface area contributed by atoms with E-state index in [1.807, 2.05) is 36.4 Å². The fourth-order valence-electron chi connectivity index (χ4n) is 2.51. The van der Waals surface area contributed by atoms with Gasteiger partial charge < -0.3 is 14.4 Å². The van der Waals surface area contributed by atoms with Crippen LogP contribution in [0.2, 0.25) is 0 Å². The van der Waals surface area contributed by atoms with Crippen molar-refractivity contribution < 1.29 is 19.1 Å². The molecule has 0 saturated heterocycles. The highest BCUT2D eigenvalue weighted by molar-refractivity contribution is 14.1. The number of ether oxygens (including phenoxy) is 2. The van der Waals surface area contributed by atoms with Gasteiger partial charge in [-0.1, -0.05) is 18.2 Å². The lowest BCUT2D eigenvalue weighted by atomic mass is 10.2. The second-order valence-electron chi connectivity index (χ2n) is 5.40. The van der Waals surface area contributed by atoms with Crippen molar-refractivity contribution in [2.24, 2.45) is 0 Å². The van der Waals surface area contributed by atoms with Crippen molar-refractivity contribution in [1.29, 1.82) is 0 Å². The molecule has 124 valence electrons. The number of esters is 1. The zero-order chi connectivity index (χ0) is 17.1. The molecule has 1 unspecified atom stereocenters. The zero-order valence-corrected chi connectivity index (χ0v) is 15.2. The number of carbonyl (C=O) groups is 2. The first-order valence-corrected chi connectivity index (χ1v) is 8.66. The minimum atomic E-state index is -0.563. The van der Waals surface area contributed by atoms with Crippen LogP contribution in [0, 0.1) is 3.57 Å². The molecule has 1 atom stereocenters. The number of anilines is 1. The number of halogens is 1. The number of hydrogen-bond acceptors (Lipinski definition) is 4. The monoisotopic (exact) mass is 437 g/mol. The van der Waals surface area contributed by atoms with Crippen LogP contribution in [0.4, 0.5) is 5.69 Å². The molecule has 0 aromatic heterocycles. The van der Waals surface area contributed by atoms with E-state index in [0.29, 0.717) is 17.2 Å². The number of para-hydroxylation sites is 2. The molecule has 0 radical (unpaired) electrons. The molecule has 6 heteroatoms. The Morgan fingerprint density at radius 2 is 2.04 bits per heavy atom. The maximum Gasteiger partial charge on any atom is 0.312 e. The molecule has 0 saturated carbocycles. The number of rotatable bonds is 4. The highest BCUT2D eigenvalue weighted by Crippen LogP contribution is 2.33. The van der Waals surface area contributed by atoms with Crippen LogP contribution in [0.3, 0.4) is 0 Å². The molecule has 0 spiro atoms. The fourth-order valence-corrected chi connectivity index (χ4v) is 3.02. The van der Waals surface area contributed by atoms with Crippen molar-refractivity contribution >= 4 is 40.2 Å². The average molecular weight is 437 g/mol. The van der Waals surface area contributed by atoms with E-state index in [-0.39, 0.29) is 24.8 Å². The number of hydrogen-bond donors (Lipinski definition) is 0. The van der Waals surface area contributed by atoms with Gasteiger partial charge in [0.25, 0.3) is 5.91 Å². The Bertz CT molecular complexity index is 777. The van der Waals surface area contributed by atoms with Crippen LogP contribution in [0.5, 0.6) is 11.5 Å². The summed E-state index contributed by atoms with van der Waals surface area (Å²) >= 11 is 2.16. The van der Waals surface area contributed by atoms with Crippen LogP contribution in [0.1, 0.15) is 13.3 Å². The van der Waals surface area contributed by atoms with Gasteiger partial charge >= 0.3 is 5.97 Å². The molecular weight excluding hydrogens is 421 g/mol. The van der Waals surface area contributed by atoms with Crippen LogP contribution in [-0.2, 0) is 9.59 Å². The summed E-state index contributed by atoms with van der Waals surface area (Å²) in [5.74, 6) is 0.627. The third-order valence-corrected chi connectivity index (χ3v) is 4.31. The van der Waals surface area contributed by atoms with Gasteiger partial charge in [0.05, 0.1) is 12.1 Å². The summed E-state index contributed by atoms with van der Waals surface area (Å²) in [6.07, 6.45) is -0.454. The van der Waals surface area contributed by atoms with Gasteiger partial charge in [-0.3, -0.25) is 9.59 Å². The summed E-state index contributed by atoms with van der Waals surface area (Å²) in [7, 11) is 0. The number of fused-ring (bicyclic) bond motifs is 1. The van der Waals surface area contributed by atoms with E-state index in [1.54, 1.807) is 24.0 Å². The normalized spacial score (nSPS) is 16.3. The summed E-state index contributed by atoms with van der Waals surface area (Å²) < 4.78 is 11.9. The molecular formula is C18H16INO4. The van der Waals surface area contributed by atoms with Gasteiger partial charge in [-0.25, -0.2) is 0 Å². The van der Waals surface area contributed by atoms with Gasteiger partial charge in [0.15, 0.2) is 6.10 Å². The van der Waals surface area contributed by atoms with Crippen molar-refractivity contribution in [3.63, 3.8) is 0 Å². The van der Waals surface area contributed by atoms with E-state index >= 15 is 0 Å². The molecule has 1 amide bonds. The molecule has 1 heterocycles. The van der Waals surface area contributed by atoms with Crippen molar-refractivity contribution in [3.05, 3.63) is 52.1 Å². The van der Waals surface area contributed by atoms with E-state index in [1.165, 1.54) is 0 Å². The first-order valence-electron chi connectivity index (χ1n) is 7.58. The van der Waals surface area contributed by atoms with Crippen molar-refractivity contribution in [1.82, 2.24) is 0 Å². The van der Waals surface area contributed by atoms with Crippen LogP contribution in [-0.4, -0.2) is 24.5 Å². The van der Waals surface area contributed by atoms with Crippen LogP contribution >= 0.6 is 22.6 Å².